The number of rotatable bonds is 5. The fourth-order valence-electron chi connectivity index (χ4n) is 2.63. The molecule has 0 bridgehead atoms. The van der Waals surface area contributed by atoms with Crippen molar-refractivity contribution in [3.8, 4) is 0 Å². The average Bonchev–Trinajstić information content (AvgIpc) is 2.28. The molecule has 3 atom stereocenters. The first-order valence-corrected chi connectivity index (χ1v) is 7.11. The van der Waals surface area contributed by atoms with Crippen LogP contribution in [-0.4, -0.2) is 18.1 Å². The first kappa shape index (κ1) is 14.3. The van der Waals surface area contributed by atoms with Gasteiger partial charge in [-0.2, -0.15) is 0 Å². The summed E-state index contributed by atoms with van der Waals surface area (Å²) in [6.07, 6.45) is 7.50. The van der Waals surface area contributed by atoms with E-state index in [1.165, 1.54) is 32.1 Å². The summed E-state index contributed by atoms with van der Waals surface area (Å²) < 4.78 is 5.47. The van der Waals surface area contributed by atoms with Crippen LogP contribution >= 0.6 is 11.6 Å². The molecule has 0 N–H and O–H groups in total. The quantitative estimate of drug-likeness (QED) is 0.643. The van der Waals surface area contributed by atoms with Crippen LogP contribution in [-0.2, 0) is 4.74 Å². The number of methoxy groups -OCH3 is 1. The van der Waals surface area contributed by atoms with E-state index in [0.29, 0.717) is 11.3 Å². The van der Waals surface area contributed by atoms with Crippen molar-refractivity contribution in [2.24, 2.45) is 11.8 Å². The van der Waals surface area contributed by atoms with Gasteiger partial charge in [-0.05, 0) is 57.8 Å². The Morgan fingerprint density at radius 2 is 2.00 bits per heavy atom. The first-order valence-electron chi connectivity index (χ1n) is 6.67. The largest absolute Gasteiger partial charge is 0.379 e. The number of alkyl halides is 1. The summed E-state index contributed by atoms with van der Waals surface area (Å²) in [6, 6.07) is 0. The molecule has 1 rings (SSSR count). The Balaban J connectivity index is 2.39. The zero-order chi connectivity index (χ0) is 12.2. The van der Waals surface area contributed by atoms with Crippen LogP contribution in [0.1, 0.15) is 59.3 Å². The minimum absolute atomic E-state index is 0.00969. The van der Waals surface area contributed by atoms with Crippen LogP contribution in [0.25, 0.3) is 0 Å². The summed E-state index contributed by atoms with van der Waals surface area (Å²) in [4.78, 5) is 0. The van der Waals surface area contributed by atoms with Gasteiger partial charge in [-0.25, -0.2) is 0 Å². The maximum Gasteiger partial charge on any atom is 0.0622 e. The van der Waals surface area contributed by atoms with Crippen molar-refractivity contribution in [1.29, 1.82) is 0 Å². The Kier molecular flexibility index (Phi) is 5.60. The van der Waals surface area contributed by atoms with Gasteiger partial charge in [0.25, 0.3) is 0 Å². The molecular weight excluding hydrogens is 220 g/mol. The predicted molar refractivity (Wildman–Crippen MR) is 71.1 cm³/mol. The van der Waals surface area contributed by atoms with Crippen LogP contribution in [0.15, 0.2) is 0 Å². The van der Waals surface area contributed by atoms with Crippen LogP contribution in [0.4, 0.5) is 0 Å². The summed E-state index contributed by atoms with van der Waals surface area (Å²) >= 11 is 6.44. The van der Waals surface area contributed by atoms with Gasteiger partial charge in [-0.1, -0.05) is 13.3 Å². The molecule has 0 saturated heterocycles. The van der Waals surface area contributed by atoms with Gasteiger partial charge in [0, 0.05) is 12.5 Å². The summed E-state index contributed by atoms with van der Waals surface area (Å²) in [5, 5.41) is 0.399. The SMILES string of the molecule is CCC1CCC(Cl)C(CCC(C)(C)OC)C1. The molecule has 0 spiro atoms. The highest BCUT2D eigenvalue weighted by Crippen LogP contribution is 2.37. The van der Waals surface area contributed by atoms with Gasteiger partial charge in [-0.3, -0.25) is 0 Å². The smallest absolute Gasteiger partial charge is 0.0622 e. The van der Waals surface area contributed by atoms with Crippen LogP contribution in [0.3, 0.4) is 0 Å². The molecule has 0 heterocycles. The average molecular weight is 247 g/mol. The summed E-state index contributed by atoms with van der Waals surface area (Å²) in [6.45, 7) is 6.63. The van der Waals surface area contributed by atoms with Crippen LogP contribution in [0.5, 0.6) is 0 Å². The van der Waals surface area contributed by atoms with E-state index in [2.05, 4.69) is 20.8 Å². The maximum atomic E-state index is 6.44. The van der Waals surface area contributed by atoms with Crippen molar-refractivity contribution >= 4 is 11.6 Å². The van der Waals surface area contributed by atoms with Gasteiger partial charge in [-0.15, -0.1) is 11.6 Å². The van der Waals surface area contributed by atoms with E-state index in [1.54, 1.807) is 7.11 Å². The van der Waals surface area contributed by atoms with Gasteiger partial charge >= 0.3 is 0 Å². The van der Waals surface area contributed by atoms with E-state index in [-0.39, 0.29) is 5.60 Å². The van der Waals surface area contributed by atoms with Crippen molar-refractivity contribution in [2.45, 2.75) is 70.3 Å². The van der Waals surface area contributed by atoms with E-state index >= 15 is 0 Å². The molecular formula is C14H27ClO. The van der Waals surface area contributed by atoms with Gasteiger partial charge in [0.1, 0.15) is 0 Å². The lowest BCUT2D eigenvalue weighted by atomic mass is 9.77. The Bertz CT molecular complexity index is 203. The highest BCUT2D eigenvalue weighted by Gasteiger charge is 2.29. The monoisotopic (exact) mass is 246 g/mol. The Morgan fingerprint density at radius 3 is 2.56 bits per heavy atom. The highest BCUT2D eigenvalue weighted by molar-refractivity contribution is 6.20. The third-order valence-corrected chi connectivity index (χ3v) is 4.82. The van der Waals surface area contributed by atoms with E-state index in [1.807, 2.05) is 0 Å². The maximum absolute atomic E-state index is 6.44. The number of hydrogen-bond donors (Lipinski definition) is 0. The molecule has 2 heteroatoms. The molecule has 0 aromatic rings. The van der Waals surface area contributed by atoms with Crippen molar-refractivity contribution in [3.63, 3.8) is 0 Å². The molecule has 1 nitrogen and oxygen atoms in total. The van der Waals surface area contributed by atoms with Crippen molar-refractivity contribution in [1.82, 2.24) is 0 Å². The Labute approximate surface area is 106 Å². The molecule has 3 unspecified atom stereocenters. The second-order valence-electron chi connectivity index (χ2n) is 5.87. The summed E-state index contributed by atoms with van der Waals surface area (Å²) in [5.41, 5.74) is 0.00969. The second kappa shape index (κ2) is 6.26. The zero-order valence-electron chi connectivity index (χ0n) is 11.3. The minimum Gasteiger partial charge on any atom is -0.379 e. The van der Waals surface area contributed by atoms with Crippen molar-refractivity contribution < 1.29 is 4.74 Å². The summed E-state index contributed by atoms with van der Waals surface area (Å²) in [5.74, 6) is 1.61. The number of hydrogen-bond acceptors (Lipinski definition) is 1. The molecule has 0 amide bonds. The summed E-state index contributed by atoms with van der Waals surface area (Å²) in [7, 11) is 1.80. The zero-order valence-corrected chi connectivity index (χ0v) is 12.0. The van der Waals surface area contributed by atoms with Crippen molar-refractivity contribution in [2.75, 3.05) is 7.11 Å². The van der Waals surface area contributed by atoms with Gasteiger partial charge in [0.2, 0.25) is 0 Å². The van der Waals surface area contributed by atoms with E-state index < -0.39 is 0 Å². The van der Waals surface area contributed by atoms with E-state index in [9.17, 15) is 0 Å². The fraction of sp³-hybridized carbons (Fsp3) is 1.00. The second-order valence-corrected chi connectivity index (χ2v) is 6.43. The van der Waals surface area contributed by atoms with Gasteiger partial charge in [0.05, 0.1) is 5.60 Å². The normalized spacial score (nSPS) is 31.7. The molecule has 1 aliphatic carbocycles. The molecule has 1 saturated carbocycles. The first-order chi connectivity index (χ1) is 7.48. The third-order valence-electron chi connectivity index (χ3n) is 4.25. The standard InChI is InChI=1S/C14H27ClO/c1-5-11-6-7-13(15)12(10-11)8-9-14(2,3)16-4/h11-13H,5-10H2,1-4H3. The van der Waals surface area contributed by atoms with Crippen molar-refractivity contribution in [3.05, 3.63) is 0 Å². The predicted octanol–water partition coefficient (Wildman–Crippen LogP) is 4.63. The third kappa shape index (κ3) is 4.25. The number of halogens is 1. The molecule has 16 heavy (non-hydrogen) atoms. The lowest BCUT2D eigenvalue weighted by Gasteiger charge is -2.34. The highest BCUT2D eigenvalue weighted by atomic mass is 35.5. The topological polar surface area (TPSA) is 9.23 Å². The lowest BCUT2D eigenvalue weighted by molar-refractivity contribution is 0.00833. The molecule has 0 aromatic carbocycles. The Hall–Kier alpha value is 0.250. The van der Waals surface area contributed by atoms with Crippen LogP contribution < -0.4 is 0 Å². The molecule has 0 aliphatic heterocycles. The van der Waals surface area contributed by atoms with Crippen LogP contribution in [0.2, 0.25) is 0 Å². The molecule has 0 radical (unpaired) electrons. The van der Waals surface area contributed by atoms with E-state index in [0.717, 1.165) is 12.3 Å². The fourth-order valence-corrected chi connectivity index (χ4v) is 2.98. The van der Waals surface area contributed by atoms with Gasteiger partial charge in [0.15, 0.2) is 0 Å². The molecule has 1 fully saturated rings. The minimum atomic E-state index is 0.00969. The lowest BCUT2D eigenvalue weighted by Crippen LogP contribution is -2.29. The van der Waals surface area contributed by atoms with Gasteiger partial charge < -0.3 is 4.74 Å². The molecule has 0 aromatic heterocycles. The Morgan fingerprint density at radius 1 is 1.31 bits per heavy atom. The molecule has 1 aliphatic rings. The number of ether oxygens (including phenoxy) is 1. The van der Waals surface area contributed by atoms with E-state index in [4.69, 9.17) is 16.3 Å². The van der Waals surface area contributed by atoms with Crippen LogP contribution in [0, 0.1) is 11.8 Å². The molecule has 96 valence electrons.